The number of benzene rings is 1. The molecule has 1 aliphatic rings. The summed E-state index contributed by atoms with van der Waals surface area (Å²) in [5.74, 6) is -0.232. The summed E-state index contributed by atoms with van der Waals surface area (Å²) in [5, 5.41) is 18.8. The summed E-state index contributed by atoms with van der Waals surface area (Å²) in [6.45, 7) is 0. The van der Waals surface area contributed by atoms with Crippen LogP contribution in [0, 0.1) is 0 Å². The fraction of sp³-hybridized carbons (Fsp3) is 0.263. The van der Waals surface area contributed by atoms with E-state index in [4.69, 9.17) is 4.74 Å². The summed E-state index contributed by atoms with van der Waals surface area (Å²) in [4.78, 5) is 20.6. The predicted octanol–water partition coefficient (Wildman–Crippen LogP) is -0.752. The van der Waals surface area contributed by atoms with E-state index in [0.29, 0.717) is 35.1 Å². The van der Waals surface area contributed by atoms with Crippen molar-refractivity contribution in [1.29, 1.82) is 0 Å². The molecule has 0 bridgehead atoms. The van der Waals surface area contributed by atoms with Crippen LogP contribution in [-0.4, -0.2) is 32.8 Å². The molecule has 29 heavy (non-hydrogen) atoms. The van der Waals surface area contributed by atoms with Crippen molar-refractivity contribution in [2.75, 3.05) is 12.4 Å². The van der Waals surface area contributed by atoms with Crippen molar-refractivity contribution in [3.63, 3.8) is 0 Å². The Balaban J connectivity index is 0.00000240. The van der Waals surface area contributed by atoms with Crippen molar-refractivity contribution >= 4 is 33.5 Å². The fourth-order valence-electron chi connectivity index (χ4n) is 3.46. The number of rotatable bonds is 4. The third kappa shape index (κ3) is 4.18. The van der Waals surface area contributed by atoms with E-state index < -0.39 is 5.97 Å². The van der Waals surface area contributed by atoms with E-state index in [1.54, 1.807) is 25.0 Å². The average Bonchev–Trinajstić information content (AvgIpc) is 2.88. The van der Waals surface area contributed by atoms with Crippen molar-refractivity contribution in [3.8, 4) is 17.1 Å². The van der Waals surface area contributed by atoms with Gasteiger partial charge < -0.3 is 20.0 Å². The van der Waals surface area contributed by atoms with Gasteiger partial charge in [-0.05, 0) is 43.0 Å². The van der Waals surface area contributed by atoms with Gasteiger partial charge in [0, 0.05) is 23.3 Å². The molecular formula is C19H17BrN5NaO3. The largest absolute Gasteiger partial charge is 1.00 e. The number of anilines is 2. The minimum Gasteiger partial charge on any atom is -0.543 e. The number of halogens is 1. The van der Waals surface area contributed by atoms with Gasteiger partial charge in [-0.25, -0.2) is 9.97 Å². The number of nitrogens with zero attached hydrogens (tertiary/aromatic N) is 4. The third-order valence-electron chi connectivity index (χ3n) is 4.71. The molecule has 0 fully saturated rings. The summed E-state index contributed by atoms with van der Waals surface area (Å²) in [5.41, 5.74) is 3.70. The molecule has 0 amide bonds. The maximum absolute atomic E-state index is 11.5. The van der Waals surface area contributed by atoms with Crippen LogP contribution in [0.2, 0.25) is 0 Å². The maximum atomic E-state index is 11.5. The van der Waals surface area contributed by atoms with Crippen molar-refractivity contribution in [2.24, 2.45) is 7.05 Å². The first-order valence-corrected chi connectivity index (χ1v) is 9.51. The number of aromatic nitrogens is 4. The Morgan fingerprint density at radius 3 is 2.86 bits per heavy atom. The van der Waals surface area contributed by atoms with Crippen LogP contribution < -0.4 is 44.7 Å². The molecule has 144 valence electrons. The number of ether oxygens (including phenoxy) is 1. The number of fused-ring (bicyclic) bond motifs is 3. The molecule has 0 unspecified atom stereocenters. The second-order valence-electron chi connectivity index (χ2n) is 6.48. The Hall–Kier alpha value is -1.94. The number of nitrogens with one attached hydrogen (secondary N) is 1. The first kappa shape index (κ1) is 21.8. The monoisotopic (exact) mass is 465 g/mol. The zero-order chi connectivity index (χ0) is 19.8. The van der Waals surface area contributed by atoms with Crippen LogP contribution in [0.4, 0.5) is 11.6 Å². The van der Waals surface area contributed by atoms with Crippen LogP contribution >= 0.6 is 15.9 Å². The molecule has 4 rings (SSSR count). The topological polar surface area (TPSA) is 105 Å². The molecule has 1 aliphatic carbocycles. The molecule has 1 aromatic carbocycles. The number of carbonyl (C=O) groups excluding carboxylic acids is 1. The summed E-state index contributed by atoms with van der Waals surface area (Å²) in [7, 11) is 3.31. The Morgan fingerprint density at radius 2 is 2.14 bits per heavy atom. The molecule has 0 saturated carbocycles. The quantitative estimate of drug-likeness (QED) is 0.505. The van der Waals surface area contributed by atoms with Gasteiger partial charge in [0.05, 0.1) is 30.2 Å². The molecule has 2 heterocycles. The van der Waals surface area contributed by atoms with Crippen LogP contribution in [0.15, 0.2) is 28.9 Å². The molecule has 3 aromatic rings. The number of aryl methyl sites for hydroxylation is 2. The van der Waals surface area contributed by atoms with Gasteiger partial charge in [-0.15, -0.1) is 0 Å². The Labute approximate surface area is 198 Å². The maximum Gasteiger partial charge on any atom is 1.00 e. The van der Waals surface area contributed by atoms with Crippen molar-refractivity contribution in [1.82, 2.24) is 19.7 Å². The van der Waals surface area contributed by atoms with Gasteiger partial charge >= 0.3 is 29.6 Å². The number of hydrogen-bond donors (Lipinski definition) is 1. The minimum atomic E-state index is -1.27. The van der Waals surface area contributed by atoms with Crippen LogP contribution in [0.1, 0.15) is 28.0 Å². The number of methoxy groups -OCH3 is 1. The Kier molecular flexibility index (Phi) is 6.62. The summed E-state index contributed by atoms with van der Waals surface area (Å²) in [6, 6.07) is 5.60. The minimum absolute atomic E-state index is 0. The smallest absolute Gasteiger partial charge is 0.543 e. The van der Waals surface area contributed by atoms with Crippen LogP contribution in [0.5, 0.6) is 5.75 Å². The van der Waals surface area contributed by atoms with E-state index in [1.807, 2.05) is 18.2 Å². The number of aromatic carboxylic acids is 1. The van der Waals surface area contributed by atoms with Crippen molar-refractivity contribution < 1.29 is 44.2 Å². The molecular weight excluding hydrogens is 449 g/mol. The summed E-state index contributed by atoms with van der Waals surface area (Å²) in [6.07, 6.45) is 3.93. The van der Waals surface area contributed by atoms with E-state index >= 15 is 0 Å². The molecule has 0 radical (unpaired) electrons. The van der Waals surface area contributed by atoms with E-state index in [2.05, 4.69) is 36.3 Å². The van der Waals surface area contributed by atoms with Gasteiger partial charge in [0.2, 0.25) is 5.95 Å². The second kappa shape index (κ2) is 8.83. The number of hydrogen-bond acceptors (Lipinski definition) is 7. The molecule has 0 atom stereocenters. The van der Waals surface area contributed by atoms with Gasteiger partial charge in [0.15, 0.2) is 0 Å². The van der Waals surface area contributed by atoms with Gasteiger partial charge in [0.1, 0.15) is 11.4 Å². The fourth-order valence-corrected chi connectivity index (χ4v) is 3.80. The zero-order valence-corrected chi connectivity index (χ0v) is 19.9. The van der Waals surface area contributed by atoms with Crippen molar-refractivity contribution in [2.45, 2.75) is 19.3 Å². The van der Waals surface area contributed by atoms with E-state index in [-0.39, 0.29) is 35.3 Å². The molecule has 0 spiro atoms. The van der Waals surface area contributed by atoms with Crippen molar-refractivity contribution in [3.05, 3.63) is 45.7 Å². The van der Waals surface area contributed by atoms with Gasteiger partial charge in [-0.2, -0.15) is 5.10 Å². The van der Waals surface area contributed by atoms with Gasteiger partial charge in [0.25, 0.3) is 0 Å². The number of carbonyl (C=O) groups is 1. The van der Waals surface area contributed by atoms with Gasteiger partial charge in [-0.1, -0.05) is 15.9 Å². The van der Waals surface area contributed by atoms with E-state index in [9.17, 15) is 9.90 Å². The SMILES string of the molecule is COc1cc(Br)ccc1Nc1ncc2c(n1)-c1c(c(C(=O)[O-])nn1C)CCC2.[Na+]. The molecule has 2 aromatic heterocycles. The third-order valence-corrected chi connectivity index (χ3v) is 5.20. The van der Waals surface area contributed by atoms with E-state index in [1.165, 1.54) is 0 Å². The Morgan fingerprint density at radius 1 is 1.34 bits per heavy atom. The second-order valence-corrected chi connectivity index (χ2v) is 7.39. The number of carboxylic acids is 1. The normalized spacial score (nSPS) is 12.2. The first-order valence-electron chi connectivity index (χ1n) is 8.72. The number of carboxylic acid groups (broad SMARTS) is 1. The molecule has 0 saturated heterocycles. The molecule has 8 nitrogen and oxygen atoms in total. The van der Waals surface area contributed by atoms with Gasteiger partial charge in [-0.3, -0.25) is 4.68 Å². The predicted molar refractivity (Wildman–Crippen MR) is 105 cm³/mol. The van der Waals surface area contributed by atoms with Crippen LogP contribution in [0.3, 0.4) is 0 Å². The first-order chi connectivity index (χ1) is 13.5. The van der Waals surface area contributed by atoms with E-state index in [0.717, 1.165) is 28.6 Å². The molecule has 10 heteroatoms. The summed E-state index contributed by atoms with van der Waals surface area (Å²) < 4.78 is 7.85. The Bertz CT molecular complexity index is 1090. The molecule has 0 aliphatic heterocycles. The summed E-state index contributed by atoms with van der Waals surface area (Å²) >= 11 is 3.42. The zero-order valence-electron chi connectivity index (χ0n) is 16.3. The standard InChI is InChI=1S/C19H18BrN5O3.Na/c1-25-17-12(16(24-25)18(26)27)5-3-4-10-9-21-19(23-15(10)17)22-13-7-6-11(20)8-14(13)28-2;/h6-9H,3-5H2,1-2H3,(H,26,27)(H,21,22,23);/q;+1/p-1. The van der Waals surface area contributed by atoms with Crippen LogP contribution in [-0.2, 0) is 19.9 Å². The van der Waals surface area contributed by atoms with Crippen LogP contribution in [0.25, 0.3) is 11.4 Å². The average molecular weight is 466 g/mol. The molecule has 1 N–H and O–H groups in total.